The maximum Gasteiger partial charge on any atom is 0.404 e. The van der Waals surface area contributed by atoms with E-state index in [2.05, 4.69) is 25.7 Å². The number of anilines is 1. The van der Waals surface area contributed by atoms with Gasteiger partial charge < -0.3 is 21.1 Å². The zero-order chi connectivity index (χ0) is 29.8. The summed E-state index contributed by atoms with van der Waals surface area (Å²) in [5, 5.41) is 17.6. The summed E-state index contributed by atoms with van der Waals surface area (Å²) < 4.78 is 43.6. The van der Waals surface area contributed by atoms with Gasteiger partial charge in [0.05, 0.1) is 14.8 Å². The summed E-state index contributed by atoms with van der Waals surface area (Å²) in [6.07, 6.45) is 3.60. The van der Waals surface area contributed by atoms with Crippen molar-refractivity contribution in [1.29, 1.82) is 0 Å². The van der Waals surface area contributed by atoms with Gasteiger partial charge in [-0.05, 0) is 64.7 Å². The molecule has 3 amide bonds. The standard InChI is InChI=1S/C28H34FN5O5S2/c1-28(2,3)34-41(38,39)24-14-20(32-26(35)31-15-18-6-4-5-7-22(18)29)12-13-21(24)23-16-30-25(40-23)17-8-10-19(11-9-17)33-27(36)37/h4-7,12-14,16-17,19,33-34H,8-11,15H2,1-3H3,(H,36,37)(H2,31,32,35)/t17-,19-. The first-order chi connectivity index (χ1) is 19.3. The highest BCUT2D eigenvalue weighted by Crippen LogP contribution is 2.40. The Morgan fingerprint density at radius 2 is 1.80 bits per heavy atom. The number of aromatic nitrogens is 1. The Labute approximate surface area is 242 Å². The van der Waals surface area contributed by atoms with Crippen LogP contribution >= 0.6 is 11.3 Å². The molecule has 13 heteroatoms. The Hall–Kier alpha value is -3.55. The largest absolute Gasteiger partial charge is 0.465 e. The molecule has 1 fully saturated rings. The number of amides is 3. The molecule has 5 N–H and O–H groups in total. The van der Waals surface area contributed by atoms with Crippen LogP contribution in [0.3, 0.4) is 0 Å². The minimum Gasteiger partial charge on any atom is -0.465 e. The summed E-state index contributed by atoms with van der Waals surface area (Å²) >= 11 is 1.41. The highest BCUT2D eigenvalue weighted by molar-refractivity contribution is 7.89. The second-order valence-electron chi connectivity index (χ2n) is 11.0. The van der Waals surface area contributed by atoms with Gasteiger partial charge in [0.2, 0.25) is 10.0 Å². The first kappa shape index (κ1) is 30.4. The second kappa shape index (κ2) is 12.5. The van der Waals surface area contributed by atoms with Gasteiger partial charge in [-0.15, -0.1) is 11.3 Å². The first-order valence-corrected chi connectivity index (χ1v) is 15.5. The number of sulfonamides is 1. The molecular weight excluding hydrogens is 569 g/mol. The van der Waals surface area contributed by atoms with Crippen molar-refractivity contribution in [1.82, 2.24) is 20.3 Å². The number of urea groups is 1. The van der Waals surface area contributed by atoms with Crippen molar-refractivity contribution in [3.8, 4) is 10.4 Å². The summed E-state index contributed by atoms with van der Waals surface area (Å²) in [6.45, 7) is 5.18. The van der Waals surface area contributed by atoms with E-state index in [4.69, 9.17) is 5.11 Å². The molecule has 0 radical (unpaired) electrons. The number of benzene rings is 2. The van der Waals surface area contributed by atoms with E-state index < -0.39 is 33.5 Å². The Morgan fingerprint density at radius 1 is 1.10 bits per heavy atom. The fourth-order valence-corrected chi connectivity index (χ4v) is 7.59. The highest BCUT2D eigenvalue weighted by atomic mass is 32.2. The molecule has 3 aromatic rings. The lowest BCUT2D eigenvalue weighted by atomic mass is 9.86. The molecule has 1 aliphatic carbocycles. The summed E-state index contributed by atoms with van der Waals surface area (Å²) in [6, 6.07) is 10.1. The Morgan fingerprint density at radius 3 is 2.46 bits per heavy atom. The average Bonchev–Trinajstić information content (AvgIpc) is 3.37. The lowest BCUT2D eigenvalue weighted by Crippen LogP contribution is -2.40. The van der Waals surface area contributed by atoms with Crippen LogP contribution in [0, 0.1) is 5.82 Å². The maximum atomic E-state index is 13.9. The molecule has 1 aliphatic rings. The van der Waals surface area contributed by atoms with E-state index in [0.29, 0.717) is 28.8 Å². The van der Waals surface area contributed by atoms with Gasteiger partial charge in [-0.2, -0.15) is 0 Å². The van der Waals surface area contributed by atoms with Crippen molar-refractivity contribution in [2.24, 2.45) is 0 Å². The number of halogens is 1. The molecule has 1 heterocycles. The van der Waals surface area contributed by atoms with Crippen LogP contribution in [0.1, 0.15) is 62.9 Å². The van der Waals surface area contributed by atoms with Gasteiger partial charge in [0, 0.05) is 47.1 Å². The lowest BCUT2D eigenvalue weighted by Gasteiger charge is -2.27. The number of carbonyl (C=O) groups is 2. The number of carboxylic acid groups (broad SMARTS) is 1. The van der Waals surface area contributed by atoms with Crippen LogP contribution < -0.4 is 20.7 Å². The molecule has 0 bridgehead atoms. The van der Waals surface area contributed by atoms with Crippen LogP contribution in [0.4, 0.5) is 19.7 Å². The molecule has 1 aromatic heterocycles. The summed E-state index contributed by atoms with van der Waals surface area (Å²) in [5.74, 6) is -0.278. The van der Waals surface area contributed by atoms with Gasteiger partial charge in [0.25, 0.3) is 0 Å². The van der Waals surface area contributed by atoms with E-state index in [1.807, 2.05) is 0 Å². The van der Waals surface area contributed by atoms with Crippen LogP contribution in [0.2, 0.25) is 0 Å². The van der Waals surface area contributed by atoms with E-state index >= 15 is 0 Å². The van der Waals surface area contributed by atoms with E-state index in [1.165, 1.54) is 23.5 Å². The van der Waals surface area contributed by atoms with E-state index in [1.54, 1.807) is 57.3 Å². The number of nitrogens with one attached hydrogen (secondary N) is 4. The molecule has 41 heavy (non-hydrogen) atoms. The third-order valence-corrected chi connectivity index (χ3v) is 9.55. The van der Waals surface area contributed by atoms with E-state index in [-0.39, 0.29) is 29.1 Å². The molecule has 0 spiro atoms. The van der Waals surface area contributed by atoms with Crippen LogP contribution in [-0.2, 0) is 16.6 Å². The second-order valence-corrected chi connectivity index (χ2v) is 13.7. The number of hydrogen-bond donors (Lipinski definition) is 5. The first-order valence-electron chi connectivity index (χ1n) is 13.2. The SMILES string of the molecule is CC(C)(C)NS(=O)(=O)c1cc(NC(=O)NCc2ccccc2F)ccc1-c1cnc([C@H]2CC[C@H](NC(=O)O)CC2)s1. The summed E-state index contributed by atoms with van der Waals surface area (Å²) in [4.78, 5) is 28.7. The van der Waals surface area contributed by atoms with Crippen LogP contribution in [-0.4, -0.2) is 42.2 Å². The number of hydrogen-bond acceptors (Lipinski definition) is 6. The molecule has 10 nitrogen and oxygen atoms in total. The Balaban J connectivity index is 1.56. The summed E-state index contributed by atoms with van der Waals surface area (Å²) in [7, 11) is -4.01. The molecule has 2 aromatic carbocycles. The fourth-order valence-electron chi connectivity index (χ4n) is 4.74. The zero-order valence-corrected chi connectivity index (χ0v) is 24.7. The quantitative estimate of drug-likeness (QED) is 0.225. The number of nitrogens with zero attached hydrogens (tertiary/aromatic N) is 1. The Bertz CT molecular complexity index is 1510. The minimum absolute atomic E-state index is 0.0103. The van der Waals surface area contributed by atoms with Gasteiger partial charge in [-0.25, -0.2) is 32.1 Å². The van der Waals surface area contributed by atoms with E-state index in [9.17, 15) is 22.4 Å². The number of thiazole rings is 1. The monoisotopic (exact) mass is 603 g/mol. The molecule has 0 unspecified atom stereocenters. The van der Waals surface area contributed by atoms with Crippen LogP contribution in [0.5, 0.6) is 0 Å². The number of carbonyl (C=O) groups excluding carboxylic acids is 1. The predicted molar refractivity (Wildman–Crippen MR) is 156 cm³/mol. The third-order valence-electron chi connectivity index (χ3n) is 6.56. The maximum absolute atomic E-state index is 13.9. The highest BCUT2D eigenvalue weighted by Gasteiger charge is 2.29. The van der Waals surface area contributed by atoms with Gasteiger partial charge in [-0.1, -0.05) is 24.3 Å². The Kier molecular flexibility index (Phi) is 9.30. The topological polar surface area (TPSA) is 150 Å². The van der Waals surface area contributed by atoms with Crippen LogP contribution in [0.15, 0.2) is 53.6 Å². The minimum atomic E-state index is -4.01. The molecule has 0 atom stereocenters. The van der Waals surface area contributed by atoms with Gasteiger partial charge in [0.15, 0.2) is 0 Å². The van der Waals surface area contributed by atoms with Crippen molar-refractivity contribution in [3.05, 3.63) is 65.0 Å². The lowest BCUT2D eigenvalue weighted by molar-refractivity contribution is 0.185. The van der Waals surface area contributed by atoms with Crippen molar-refractivity contribution in [2.45, 2.75) is 75.4 Å². The third kappa shape index (κ3) is 8.24. The molecule has 1 saturated carbocycles. The van der Waals surface area contributed by atoms with Crippen molar-refractivity contribution >= 4 is 39.2 Å². The van der Waals surface area contributed by atoms with Gasteiger partial charge in [0.1, 0.15) is 5.82 Å². The molecule has 0 saturated heterocycles. The zero-order valence-electron chi connectivity index (χ0n) is 23.0. The summed E-state index contributed by atoms with van der Waals surface area (Å²) in [5.41, 5.74) is 0.272. The smallest absolute Gasteiger partial charge is 0.404 e. The normalized spacial score (nSPS) is 17.6. The predicted octanol–water partition coefficient (Wildman–Crippen LogP) is 5.64. The molecule has 0 aliphatic heterocycles. The van der Waals surface area contributed by atoms with Crippen LogP contribution in [0.25, 0.3) is 10.4 Å². The molecule has 4 rings (SSSR count). The van der Waals surface area contributed by atoms with Crippen molar-refractivity contribution < 1.29 is 27.5 Å². The van der Waals surface area contributed by atoms with E-state index in [0.717, 1.165) is 17.8 Å². The number of rotatable bonds is 8. The molecular formula is C28H34FN5O5S2. The van der Waals surface area contributed by atoms with Crippen molar-refractivity contribution in [2.75, 3.05) is 5.32 Å². The molecule has 220 valence electrons. The van der Waals surface area contributed by atoms with Crippen molar-refractivity contribution in [3.63, 3.8) is 0 Å². The fraction of sp³-hybridized carbons (Fsp3) is 0.393. The van der Waals surface area contributed by atoms with Gasteiger partial charge >= 0.3 is 12.1 Å². The van der Waals surface area contributed by atoms with Gasteiger partial charge in [-0.3, -0.25) is 0 Å². The average molecular weight is 604 g/mol.